The number of nitrogens with one attached hydrogen (secondary N) is 1. The predicted octanol–water partition coefficient (Wildman–Crippen LogP) is 0.808. The summed E-state index contributed by atoms with van der Waals surface area (Å²) in [5.41, 5.74) is -2.18. The Morgan fingerprint density at radius 2 is 2.05 bits per heavy atom. The van der Waals surface area contributed by atoms with Crippen molar-refractivity contribution in [3.63, 3.8) is 0 Å². The minimum absolute atomic E-state index is 0.209. The number of hydrogen-bond donors (Lipinski definition) is 2. The lowest BCUT2D eigenvalue weighted by Crippen LogP contribution is -2.30. The molecule has 0 spiro atoms. The fraction of sp³-hybridized carbons (Fsp3) is 0.0833. The van der Waals surface area contributed by atoms with E-state index >= 15 is 0 Å². The monoisotopic (exact) mass is 281 g/mol. The maximum absolute atomic E-state index is 13.3. The van der Waals surface area contributed by atoms with Crippen LogP contribution >= 0.6 is 0 Å². The zero-order valence-electron chi connectivity index (χ0n) is 10.2. The summed E-state index contributed by atoms with van der Waals surface area (Å²) >= 11 is 0. The third-order valence-electron chi connectivity index (χ3n) is 2.57. The van der Waals surface area contributed by atoms with Gasteiger partial charge in [0.05, 0.1) is 5.69 Å². The van der Waals surface area contributed by atoms with Crippen molar-refractivity contribution < 1.29 is 13.9 Å². The Morgan fingerprint density at radius 3 is 2.70 bits per heavy atom. The highest BCUT2D eigenvalue weighted by Crippen LogP contribution is 2.18. The molecule has 0 radical (unpaired) electrons. The molecule has 0 atom stereocenters. The normalized spacial score (nSPS) is 11.2. The SMILES string of the molecule is Cn1c(O)c(C=Nc2ccc(F)cc2F)c(=O)[nH]c1=O. The second-order valence-electron chi connectivity index (χ2n) is 3.91. The van der Waals surface area contributed by atoms with Gasteiger partial charge in [0, 0.05) is 19.3 Å². The van der Waals surface area contributed by atoms with Gasteiger partial charge in [0.2, 0.25) is 5.88 Å². The number of hydrogen-bond acceptors (Lipinski definition) is 4. The van der Waals surface area contributed by atoms with Crippen molar-refractivity contribution >= 4 is 11.9 Å². The van der Waals surface area contributed by atoms with Crippen LogP contribution in [0.5, 0.6) is 5.88 Å². The van der Waals surface area contributed by atoms with Gasteiger partial charge >= 0.3 is 5.69 Å². The van der Waals surface area contributed by atoms with Gasteiger partial charge in [0.1, 0.15) is 11.4 Å². The topological polar surface area (TPSA) is 87.4 Å². The smallest absolute Gasteiger partial charge is 0.330 e. The molecule has 1 aromatic heterocycles. The van der Waals surface area contributed by atoms with Gasteiger partial charge in [-0.3, -0.25) is 19.3 Å². The van der Waals surface area contributed by atoms with Crippen molar-refractivity contribution in [2.45, 2.75) is 0 Å². The van der Waals surface area contributed by atoms with Crippen molar-refractivity contribution in [3.05, 3.63) is 56.2 Å². The quantitative estimate of drug-likeness (QED) is 0.798. The Kier molecular flexibility index (Phi) is 3.47. The van der Waals surface area contributed by atoms with Crippen molar-refractivity contribution in [2.24, 2.45) is 12.0 Å². The molecule has 0 bridgehead atoms. The zero-order chi connectivity index (χ0) is 14.9. The van der Waals surface area contributed by atoms with E-state index in [2.05, 4.69) is 4.99 Å². The van der Waals surface area contributed by atoms with Gasteiger partial charge in [-0.15, -0.1) is 0 Å². The summed E-state index contributed by atoms with van der Waals surface area (Å²) in [4.78, 5) is 28.3. The summed E-state index contributed by atoms with van der Waals surface area (Å²) < 4.78 is 26.8. The van der Waals surface area contributed by atoms with Crippen LogP contribution in [-0.2, 0) is 7.05 Å². The van der Waals surface area contributed by atoms with Crippen molar-refractivity contribution in [2.75, 3.05) is 0 Å². The molecular weight excluding hydrogens is 272 g/mol. The number of benzene rings is 1. The maximum Gasteiger partial charge on any atom is 0.330 e. The van der Waals surface area contributed by atoms with Gasteiger partial charge in [0.25, 0.3) is 5.56 Å². The number of aromatic hydroxyl groups is 1. The first-order chi connectivity index (χ1) is 9.40. The van der Waals surface area contributed by atoms with Gasteiger partial charge in [0.15, 0.2) is 5.82 Å². The summed E-state index contributed by atoms with van der Waals surface area (Å²) in [7, 11) is 1.24. The number of H-pyrrole nitrogens is 1. The minimum atomic E-state index is -0.915. The predicted molar refractivity (Wildman–Crippen MR) is 67.6 cm³/mol. The molecule has 0 fully saturated rings. The first kappa shape index (κ1) is 13.7. The van der Waals surface area contributed by atoms with Crippen LogP contribution in [0.1, 0.15) is 5.56 Å². The van der Waals surface area contributed by atoms with Gasteiger partial charge in [-0.2, -0.15) is 0 Å². The summed E-state index contributed by atoms with van der Waals surface area (Å²) in [6, 6.07) is 2.71. The molecule has 0 aliphatic heterocycles. The molecule has 0 saturated heterocycles. The Balaban J connectivity index is 2.50. The molecule has 6 nitrogen and oxygen atoms in total. The van der Waals surface area contributed by atoms with Gasteiger partial charge in [-0.1, -0.05) is 0 Å². The van der Waals surface area contributed by atoms with E-state index in [0.717, 1.165) is 22.9 Å². The van der Waals surface area contributed by atoms with Crippen LogP contribution < -0.4 is 11.2 Å². The highest BCUT2D eigenvalue weighted by molar-refractivity contribution is 5.84. The molecule has 0 aliphatic carbocycles. The molecule has 2 rings (SSSR count). The Morgan fingerprint density at radius 1 is 1.35 bits per heavy atom. The van der Waals surface area contributed by atoms with Crippen LogP contribution in [0, 0.1) is 11.6 Å². The lowest BCUT2D eigenvalue weighted by Gasteiger charge is -2.03. The average molecular weight is 281 g/mol. The van der Waals surface area contributed by atoms with Crippen molar-refractivity contribution in [1.29, 1.82) is 0 Å². The van der Waals surface area contributed by atoms with Crippen LogP contribution in [-0.4, -0.2) is 20.9 Å². The standard InChI is InChI=1S/C12H9F2N3O3/c1-17-11(19)7(10(18)16-12(17)20)5-15-9-3-2-6(13)4-8(9)14/h2-5,19H,1H3,(H,16,18,20). The van der Waals surface area contributed by atoms with E-state index < -0.39 is 28.8 Å². The number of rotatable bonds is 2. The number of nitrogens with zero attached hydrogens (tertiary/aromatic N) is 2. The van der Waals surface area contributed by atoms with Crippen LogP contribution in [0.3, 0.4) is 0 Å². The average Bonchev–Trinajstić information content (AvgIpc) is 2.38. The summed E-state index contributed by atoms with van der Waals surface area (Å²) in [5, 5.41) is 9.65. The molecule has 0 aliphatic rings. The maximum atomic E-state index is 13.3. The third kappa shape index (κ3) is 2.48. The van der Waals surface area contributed by atoms with Gasteiger partial charge in [-0.05, 0) is 12.1 Å². The molecule has 2 N–H and O–H groups in total. The summed E-state index contributed by atoms with van der Waals surface area (Å²) in [6.07, 6.45) is 0.893. The largest absolute Gasteiger partial charge is 0.494 e. The molecule has 0 amide bonds. The molecule has 0 saturated carbocycles. The third-order valence-corrected chi connectivity index (χ3v) is 2.57. The number of aliphatic imine (C=N–C) groups is 1. The summed E-state index contributed by atoms with van der Waals surface area (Å²) in [5.74, 6) is -2.28. The zero-order valence-corrected chi connectivity index (χ0v) is 10.2. The van der Waals surface area contributed by atoms with E-state index in [1.54, 1.807) is 0 Å². The van der Waals surface area contributed by atoms with Crippen molar-refractivity contribution in [3.8, 4) is 5.88 Å². The Hall–Kier alpha value is -2.77. The number of halogens is 2. The Bertz CT molecular complexity index is 809. The number of aromatic nitrogens is 2. The molecular formula is C12H9F2N3O3. The van der Waals surface area contributed by atoms with Crippen LogP contribution in [0.2, 0.25) is 0 Å². The van der Waals surface area contributed by atoms with E-state index in [9.17, 15) is 23.5 Å². The highest BCUT2D eigenvalue weighted by atomic mass is 19.1. The molecule has 20 heavy (non-hydrogen) atoms. The molecule has 0 unspecified atom stereocenters. The second-order valence-corrected chi connectivity index (χ2v) is 3.91. The van der Waals surface area contributed by atoms with Gasteiger partial charge < -0.3 is 5.11 Å². The minimum Gasteiger partial charge on any atom is -0.494 e. The molecule has 8 heteroatoms. The fourth-order valence-corrected chi connectivity index (χ4v) is 1.46. The van der Waals surface area contributed by atoms with E-state index in [4.69, 9.17) is 0 Å². The molecule has 1 heterocycles. The highest BCUT2D eigenvalue weighted by Gasteiger charge is 2.10. The van der Waals surface area contributed by atoms with Gasteiger partial charge in [-0.25, -0.2) is 13.6 Å². The van der Waals surface area contributed by atoms with Crippen LogP contribution in [0.4, 0.5) is 14.5 Å². The van der Waals surface area contributed by atoms with Crippen LogP contribution in [0.25, 0.3) is 0 Å². The summed E-state index contributed by atoms with van der Waals surface area (Å²) in [6.45, 7) is 0. The first-order valence-corrected chi connectivity index (χ1v) is 5.41. The molecule has 2 aromatic rings. The van der Waals surface area contributed by atoms with E-state index in [0.29, 0.717) is 6.07 Å². The van der Waals surface area contributed by atoms with Crippen molar-refractivity contribution in [1.82, 2.24) is 9.55 Å². The Labute approximate surface area is 110 Å². The lowest BCUT2D eigenvalue weighted by atomic mass is 10.3. The fourth-order valence-electron chi connectivity index (χ4n) is 1.46. The molecule has 1 aromatic carbocycles. The molecule has 104 valence electrons. The second kappa shape index (κ2) is 5.08. The first-order valence-electron chi connectivity index (χ1n) is 5.41. The van der Waals surface area contributed by atoms with E-state index in [-0.39, 0.29) is 11.3 Å². The number of aromatic amines is 1. The van der Waals surface area contributed by atoms with E-state index in [1.807, 2.05) is 4.98 Å². The van der Waals surface area contributed by atoms with E-state index in [1.165, 1.54) is 7.05 Å². The van der Waals surface area contributed by atoms with Crippen LogP contribution in [0.15, 0.2) is 32.8 Å². The lowest BCUT2D eigenvalue weighted by molar-refractivity contribution is 0.417.